The Bertz CT molecular complexity index is 1500. The molecule has 0 unspecified atom stereocenters. The number of aromatic carboxylic acids is 1. The van der Waals surface area contributed by atoms with Gasteiger partial charge in [-0.1, -0.05) is 50.2 Å². The molecule has 2 heterocycles. The summed E-state index contributed by atoms with van der Waals surface area (Å²) >= 11 is 0. The molecule has 0 aliphatic heterocycles. The van der Waals surface area contributed by atoms with Crippen LogP contribution in [0.25, 0.3) is 22.2 Å². The van der Waals surface area contributed by atoms with Crippen molar-refractivity contribution in [1.29, 1.82) is 0 Å². The molecule has 0 bridgehead atoms. The van der Waals surface area contributed by atoms with Crippen molar-refractivity contribution >= 4 is 17.0 Å². The van der Waals surface area contributed by atoms with E-state index in [4.69, 9.17) is 9.47 Å². The van der Waals surface area contributed by atoms with E-state index >= 15 is 0 Å². The van der Waals surface area contributed by atoms with Gasteiger partial charge in [0.05, 0.1) is 25.1 Å². The second kappa shape index (κ2) is 10.8. The van der Waals surface area contributed by atoms with Crippen LogP contribution in [0, 0.1) is 11.7 Å². The number of halogens is 1. The Labute approximate surface area is 212 Å². The number of carboxylic acid groups (broad SMARTS) is 1. The molecule has 37 heavy (non-hydrogen) atoms. The van der Waals surface area contributed by atoms with E-state index in [1.807, 2.05) is 44.2 Å². The first-order chi connectivity index (χ1) is 17.7. The number of hydrogen-bond donors (Lipinski definition) is 2. The largest absolute Gasteiger partial charge is 0.486 e. The normalized spacial score (nSPS) is 12.1. The van der Waals surface area contributed by atoms with Crippen LogP contribution in [0.1, 0.15) is 35.8 Å². The fraction of sp³-hybridized carbons (Fsp3) is 0.250. The van der Waals surface area contributed by atoms with Gasteiger partial charge in [-0.2, -0.15) is 4.98 Å². The van der Waals surface area contributed by atoms with Gasteiger partial charge in [-0.15, -0.1) is 0 Å². The van der Waals surface area contributed by atoms with Gasteiger partial charge in [-0.25, -0.2) is 9.18 Å². The van der Waals surface area contributed by atoms with E-state index in [2.05, 4.69) is 4.98 Å². The topological polar surface area (TPSA) is 111 Å². The number of carboxylic acids is 1. The molecule has 0 spiro atoms. The highest BCUT2D eigenvalue weighted by Crippen LogP contribution is 2.34. The summed E-state index contributed by atoms with van der Waals surface area (Å²) in [4.78, 5) is 29.4. The molecule has 9 heteroatoms. The molecule has 0 radical (unpaired) electrons. The van der Waals surface area contributed by atoms with Gasteiger partial charge >= 0.3 is 5.97 Å². The first-order valence-electron chi connectivity index (χ1n) is 11.7. The zero-order chi connectivity index (χ0) is 26.7. The molecule has 0 saturated heterocycles. The molecular weight excluding hydrogens is 479 g/mol. The van der Waals surface area contributed by atoms with E-state index < -0.39 is 28.8 Å². The smallest absolute Gasteiger partial charge is 0.341 e. The Hall–Kier alpha value is -4.24. The van der Waals surface area contributed by atoms with Crippen LogP contribution in [0.2, 0.25) is 0 Å². The molecule has 4 aromatic rings. The number of hydrogen-bond acceptors (Lipinski definition) is 6. The SMILES string of the molecule is COc1nc2c(cc1-c1ccc(OCc3ccccc3)c(F)c1)c(=O)c(C(=O)O)cn2[C@H](CO)C(C)C. The van der Waals surface area contributed by atoms with Gasteiger partial charge in [0.15, 0.2) is 11.6 Å². The minimum Gasteiger partial charge on any atom is -0.486 e. The van der Waals surface area contributed by atoms with Gasteiger partial charge < -0.3 is 24.3 Å². The van der Waals surface area contributed by atoms with Crippen molar-refractivity contribution in [2.45, 2.75) is 26.5 Å². The number of aromatic nitrogens is 2. The molecule has 0 aliphatic rings. The lowest BCUT2D eigenvalue weighted by Crippen LogP contribution is -2.26. The Morgan fingerprint density at radius 2 is 1.86 bits per heavy atom. The van der Waals surface area contributed by atoms with Gasteiger partial charge in [0.2, 0.25) is 11.3 Å². The highest BCUT2D eigenvalue weighted by atomic mass is 19.1. The third kappa shape index (κ3) is 5.17. The van der Waals surface area contributed by atoms with Crippen LogP contribution in [-0.4, -0.2) is 39.5 Å². The molecule has 192 valence electrons. The van der Waals surface area contributed by atoms with Crippen LogP contribution < -0.4 is 14.9 Å². The summed E-state index contributed by atoms with van der Waals surface area (Å²) in [6.07, 6.45) is 1.19. The lowest BCUT2D eigenvalue weighted by molar-refractivity contribution is 0.0694. The first kappa shape index (κ1) is 25.8. The number of aliphatic hydroxyl groups is 1. The number of aliphatic hydroxyl groups excluding tert-OH is 1. The molecule has 0 aliphatic carbocycles. The van der Waals surface area contributed by atoms with Crippen LogP contribution in [-0.2, 0) is 6.61 Å². The molecule has 2 N–H and O–H groups in total. The zero-order valence-electron chi connectivity index (χ0n) is 20.6. The summed E-state index contributed by atoms with van der Waals surface area (Å²) < 4.78 is 27.6. The number of nitrogens with zero attached hydrogens (tertiary/aromatic N) is 2. The van der Waals surface area contributed by atoms with Crippen molar-refractivity contribution in [2.75, 3.05) is 13.7 Å². The molecule has 0 amide bonds. The molecule has 0 fully saturated rings. The number of benzene rings is 2. The summed E-state index contributed by atoms with van der Waals surface area (Å²) in [6.45, 7) is 3.62. The lowest BCUT2D eigenvalue weighted by atomic mass is 10.0. The average Bonchev–Trinajstić information content (AvgIpc) is 2.89. The summed E-state index contributed by atoms with van der Waals surface area (Å²) in [6, 6.07) is 14.6. The van der Waals surface area contributed by atoms with Crippen molar-refractivity contribution in [3.8, 4) is 22.8 Å². The zero-order valence-corrected chi connectivity index (χ0v) is 20.6. The van der Waals surface area contributed by atoms with E-state index in [-0.39, 0.29) is 41.8 Å². The van der Waals surface area contributed by atoms with Gasteiger partial charge in [0, 0.05) is 11.8 Å². The summed E-state index contributed by atoms with van der Waals surface area (Å²) in [7, 11) is 1.39. The van der Waals surface area contributed by atoms with Crippen molar-refractivity contribution in [2.24, 2.45) is 5.92 Å². The van der Waals surface area contributed by atoms with E-state index in [1.54, 1.807) is 6.07 Å². The van der Waals surface area contributed by atoms with Crippen LogP contribution in [0.5, 0.6) is 11.6 Å². The number of carbonyl (C=O) groups is 1. The Kier molecular flexibility index (Phi) is 7.54. The van der Waals surface area contributed by atoms with E-state index in [0.717, 1.165) is 5.56 Å². The Morgan fingerprint density at radius 1 is 1.14 bits per heavy atom. The Balaban J connectivity index is 1.84. The second-order valence-corrected chi connectivity index (χ2v) is 8.91. The van der Waals surface area contributed by atoms with Crippen LogP contribution >= 0.6 is 0 Å². The fourth-order valence-electron chi connectivity index (χ4n) is 4.16. The van der Waals surface area contributed by atoms with E-state index in [9.17, 15) is 24.2 Å². The van der Waals surface area contributed by atoms with Crippen LogP contribution in [0.15, 0.2) is 65.6 Å². The molecule has 8 nitrogen and oxygen atoms in total. The third-order valence-corrected chi connectivity index (χ3v) is 6.19. The molecule has 0 saturated carbocycles. The average molecular weight is 507 g/mol. The number of methoxy groups -OCH3 is 1. The van der Waals surface area contributed by atoms with Gasteiger partial charge in [0.1, 0.15) is 17.8 Å². The number of fused-ring (bicyclic) bond motifs is 1. The number of pyridine rings is 2. The quantitative estimate of drug-likeness (QED) is 0.339. The second-order valence-electron chi connectivity index (χ2n) is 8.91. The van der Waals surface area contributed by atoms with Crippen LogP contribution in [0.3, 0.4) is 0 Å². The Morgan fingerprint density at radius 3 is 2.46 bits per heavy atom. The summed E-state index contributed by atoms with van der Waals surface area (Å²) in [5.41, 5.74) is 0.523. The minimum atomic E-state index is -1.40. The maximum Gasteiger partial charge on any atom is 0.341 e. The molecular formula is C28H27FN2O6. The van der Waals surface area contributed by atoms with Crippen molar-refractivity contribution in [1.82, 2.24) is 9.55 Å². The summed E-state index contributed by atoms with van der Waals surface area (Å²) in [5.74, 6) is -1.95. The van der Waals surface area contributed by atoms with Crippen molar-refractivity contribution in [3.63, 3.8) is 0 Å². The third-order valence-electron chi connectivity index (χ3n) is 6.19. The first-order valence-corrected chi connectivity index (χ1v) is 11.7. The highest BCUT2D eigenvalue weighted by Gasteiger charge is 2.24. The maximum absolute atomic E-state index is 15.0. The molecule has 4 rings (SSSR count). The molecule has 2 aromatic carbocycles. The summed E-state index contributed by atoms with van der Waals surface area (Å²) in [5, 5.41) is 19.6. The van der Waals surface area contributed by atoms with Gasteiger partial charge in [-0.3, -0.25) is 4.79 Å². The predicted octanol–water partition coefficient (Wildman–Crippen LogP) is 4.68. The fourth-order valence-corrected chi connectivity index (χ4v) is 4.16. The van der Waals surface area contributed by atoms with Gasteiger partial charge in [0.25, 0.3) is 0 Å². The number of ether oxygens (including phenoxy) is 2. The van der Waals surface area contributed by atoms with E-state index in [0.29, 0.717) is 11.1 Å². The number of rotatable bonds is 9. The lowest BCUT2D eigenvalue weighted by Gasteiger charge is -2.24. The van der Waals surface area contributed by atoms with E-state index in [1.165, 1.54) is 36.1 Å². The predicted molar refractivity (Wildman–Crippen MR) is 137 cm³/mol. The maximum atomic E-state index is 15.0. The molecule has 1 atom stereocenters. The van der Waals surface area contributed by atoms with Crippen molar-refractivity contribution < 1.29 is 28.9 Å². The monoisotopic (exact) mass is 506 g/mol. The minimum absolute atomic E-state index is 0.0135. The van der Waals surface area contributed by atoms with Crippen LogP contribution in [0.4, 0.5) is 4.39 Å². The highest BCUT2D eigenvalue weighted by molar-refractivity contribution is 5.93. The van der Waals surface area contributed by atoms with Crippen molar-refractivity contribution in [3.05, 3.63) is 88.0 Å². The standard InChI is InChI=1S/C28H27FN2O6/c1-16(2)23(14-32)31-13-21(28(34)35)25(33)20-12-19(27(36-3)30-26(20)31)18-9-10-24(22(29)11-18)37-15-17-7-5-4-6-8-17/h4-13,16,23,32H,14-15H2,1-3H3,(H,34,35)/t23-/m1/s1. The molecule has 2 aromatic heterocycles. The van der Waals surface area contributed by atoms with Gasteiger partial charge in [-0.05, 0) is 35.2 Å².